The summed E-state index contributed by atoms with van der Waals surface area (Å²) < 4.78 is 14.1. The minimum Gasteiger partial charge on any atom is -0.497 e. The SMILES string of the molecule is COC(=O)c1cn(-c2nc3ccc(OC)cc3s2)cc2c(=O)n(-c3ccccc3)nc1-2. The largest absolute Gasteiger partial charge is 0.497 e. The molecule has 3 heterocycles. The molecule has 2 aromatic carbocycles. The second kappa shape index (κ2) is 7.37. The highest BCUT2D eigenvalue weighted by molar-refractivity contribution is 7.20. The first kappa shape index (κ1) is 19.0. The van der Waals surface area contributed by atoms with Crippen molar-refractivity contribution < 1.29 is 14.3 Å². The Morgan fingerprint density at radius 3 is 2.61 bits per heavy atom. The van der Waals surface area contributed by atoms with E-state index in [9.17, 15) is 9.59 Å². The van der Waals surface area contributed by atoms with Crippen molar-refractivity contribution >= 4 is 27.5 Å². The van der Waals surface area contributed by atoms with Crippen molar-refractivity contribution in [1.29, 1.82) is 0 Å². The predicted octanol–water partition coefficient (Wildman–Crippen LogP) is 3.53. The van der Waals surface area contributed by atoms with Crippen LogP contribution in [0.25, 0.3) is 32.3 Å². The smallest absolute Gasteiger partial charge is 0.341 e. The summed E-state index contributed by atoms with van der Waals surface area (Å²) in [6, 6.07) is 14.6. The van der Waals surface area contributed by atoms with E-state index in [1.54, 1.807) is 36.2 Å². The number of methoxy groups -OCH3 is 2. The number of fused-ring (bicyclic) bond motifs is 2. The number of hydrogen-bond acceptors (Lipinski definition) is 7. The maximum Gasteiger partial charge on any atom is 0.341 e. The van der Waals surface area contributed by atoms with E-state index in [2.05, 4.69) is 10.1 Å². The van der Waals surface area contributed by atoms with Crippen molar-refractivity contribution in [1.82, 2.24) is 19.3 Å². The van der Waals surface area contributed by atoms with Gasteiger partial charge in [0, 0.05) is 12.4 Å². The summed E-state index contributed by atoms with van der Waals surface area (Å²) in [5.74, 6) is 0.143. The van der Waals surface area contributed by atoms with E-state index in [1.807, 2.05) is 36.4 Å². The van der Waals surface area contributed by atoms with Gasteiger partial charge in [0.1, 0.15) is 17.0 Å². The number of rotatable bonds is 4. The molecule has 0 N–H and O–H groups in total. The monoisotopic (exact) mass is 432 g/mol. The Labute approximate surface area is 180 Å². The van der Waals surface area contributed by atoms with Gasteiger partial charge in [0.15, 0.2) is 5.13 Å². The van der Waals surface area contributed by atoms with Gasteiger partial charge in [0.25, 0.3) is 5.56 Å². The van der Waals surface area contributed by atoms with E-state index in [0.717, 1.165) is 16.0 Å². The topological polar surface area (TPSA) is 88.2 Å². The molecule has 0 spiro atoms. The fraction of sp³-hybridized carbons (Fsp3) is 0.0909. The van der Waals surface area contributed by atoms with Gasteiger partial charge in [-0.25, -0.2) is 9.78 Å². The average Bonchev–Trinajstić information content (AvgIpc) is 3.39. The number of nitrogens with zero attached hydrogens (tertiary/aromatic N) is 4. The lowest BCUT2D eigenvalue weighted by Gasteiger charge is -2.08. The van der Waals surface area contributed by atoms with Crippen molar-refractivity contribution in [3.05, 3.63) is 76.8 Å². The number of esters is 1. The zero-order valence-electron chi connectivity index (χ0n) is 16.6. The second-order valence-electron chi connectivity index (χ2n) is 6.72. The molecule has 154 valence electrons. The number of benzene rings is 2. The van der Waals surface area contributed by atoms with E-state index in [0.29, 0.717) is 16.4 Å². The summed E-state index contributed by atoms with van der Waals surface area (Å²) in [6.45, 7) is 0. The molecule has 2 aliphatic heterocycles. The maximum absolute atomic E-state index is 13.1. The Morgan fingerprint density at radius 1 is 1.06 bits per heavy atom. The van der Waals surface area contributed by atoms with Crippen LogP contribution in [-0.4, -0.2) is 39.5 Å². The Morgan fingerprint density at radius 2 is 1.87 bits per heavy atom. The van der Waals surface area contributed by atoms with Crippen LogP contribution >= 0.6 is 11.3 Å². The van der Waals surface area contributed by atoms with E-state index in [-0.39, 0.29) is 16.8 Å². The van der Waals surface area contributed by atoms with Gasteiger partial charge in [-0.1, -0.05) is 29.5 Å². The van der Waals surface area contributed by atoms with Crippen molar-refractivity contribution in [2.24, 2.45) is 0 Å². The number of aromatic nitrogens is 4. The molecule has 0 fully saturated rings. The first-order valence-corrected chi connectivity index (χ1v) is 10.1. The lowest BCUT2D eigenvalue weighted by Crippen LogP contribution is -2.15. The van der Waals surface area contributed by atoms with E-state index in [1.165, 1.54) is 23.1 Å². The number of carbonyl (C=O) groups is 1. The highest BCUT2D eigenvalue weighted by atomic mass is 32.1. The number of pyridine rings is 1. The molecule has 0 bridgehead atoms. The third-order valence-corrected chi connectivity index (χ3v) is 5.91. The van der Waals surface area contributed by atoms with Crippen molar-refractivity contribution in [3.63, 3.8) is 0 Å². The van der Waals surface area contributed by atoms with Gasteiger partial charge in [-0.2, -0.15) is 9.78 Å². The van der Waals surface area contributed by atoms with Crippen molar-refractivity contribution in [2.45, 2.75) is 0 Å². The fourth-order valence-corrected chi connectivity index (χ4v) is 4.30. The van der Waals surface area contributed by atoms with Gasteiger partial charge < -0.3 is 9.47 Å². The Bertz CT molecular complexity index is 1450. The van der Waals surface area contributed by atoms with Gasteiger partial charge in [-0.3, -0.25) is 9.36 Å². The lowest BCUT2D eigenvalue weighted by atomic mass is 10.1. The van der Waals surface area contributed by atoms with Crippen LogP contribution in [0.2, 0.25) is 0 Å². The summed E-state index contributed by atoms with van der Waals surface area (Å²) in [4.78, 5) is 30.3. The molecular formula is C22H16N4O4S. The van der Waals surface area contributed by atoms with Gasteiger partial charge in [0.2, 0.25) is 0 Å². The van der Waals surface area contributed by atoms with Gasteiger partial charge in [0.05, 0.1) is 35.7 Å². The Balaban J connectivity index is 1.74. The van der Waals surface area contributed by atoms with Crippen molar-refractivity contribution in [3.8, 4) is 27.8 Å². The van der Waals surface area contributed by atoms with E-state index >= 15 is 0 Å². The summed E-state index contributed by atoms with van der Waals surface area (Å²) in [7, 11) is 2.90. The zero-order valence-corrected chi connectivity index (χ0v) is 17.4. The molecule has 0 saturated carbocycles. The molecule has 0 atom stereocenters. The summed E-state index contributed by atoms with van der Waals surface area (Å²) >= 11 is 1.42. The van der Waals surface area contributed by atoms with Crippen LogP contribution < -0.4 is 10.3 Å². The molecule has 3 aromatic rings. The van der Waals surface area contributed by atoms with Crippen LogP contribution in [0.15, 0.2) is 65.7 Å². The Kier molecular flexibility index (Phi) is 4.52. The Hall–Kier alpha value is -3.98. The highest BCUT2D eigenvalue weighted by Crippen LogP contribution is 2.30. The summed E-state index contributed by atoms with van der Waals surface area (Å²) in [5.41, 5.74) is 1.82. The highest BCUT2D eigenvalue weighted by Gasteiger charge is 2.25. The van der Waals surface area contributed by atoms with Gasteiger partial charge in [-0.15, -0.1) is 0 Å². The lowest BCUT2D eigenvalue weighted by molar-refractivity contribution is 0.0600. The van der Waals surface area contributed by atoms with E-state index < -0.39 is 5.97 Å². The molecule has 0 saturated heterocycles. The standard InChI is InChI=1S/C22H16N4O4S/c1-29-14-8-9-17-18(10-14)31-22(23-17)25-11-15-19(16(12-25)21(28)30-2)24-26(20(15)27)13-6-4-3-5-7-13/h3-12H,1-2H3. The maximum atomic E-state index is 13.1. The molecule has 0 aliphatic carbocycles. The average molecular weight is 432 g/mol. The number of carbonyl (C=O) groups excluding carboxylic acids is 1. The predicted molar refractivity (Wildman–Crippen MR) is 117 cm³/mol. The quantitative estimate of drug-likeness (QED) is 0.404. The second-order valence-corrected chi connectivity index (χ2v) is 7.72. The van der Waals surface area contributed by atoms with Crippen LogP contribution in [0.1, 0.15) is 10.4 Å². The van der Waals surface area contributed by atoms with Crippen LogP contribution in [0.4, 0.5) is 0 Å². The normalized spacial score (nSPS) is 11.2. The van der Waals surface area contributed by atoms with Crippen LogP contribution in [0.5, 0.6) is 5.75 Å². The number of hydrogen-bond donors (Lipinski definition) is 0. The molecule has 2 aliphatic rings. The zero-order chi connectivity index (χ0) is 21.5. The summed E-state index contributed by atoms with van der Waals surface area (Å²) in [5, 5.41) is 5.01. The third-order valence-electron chi connectivity index (χ3n) is 4.88. The molecule has 31 heavy (non-hydrogen) atoms. The van der Waals surface area contributed by atoms with Crippen LogP contribution in [-0.2, 0) is 4.74 Å². The van der Waals surface area contributed by atoms with Gasteiger partial charge >= 0.3 is 5.97 Å². The first-order valence-electron chi connectivity index (χ1n) is 9.33. The number of thiazole rings is 1. The molecule has 9 heteroatoms. The molecular weight excluding hydrogens is 416 g/mol. The first-order chi connectivity index (χ1) is 15.1. The van der Waals surface area contributed by atoms with Gasteiger partial charge in [-0.05, 0) is 30.3 Å². The minimum absolute atomic E-state index is 0.184. The molecule has 1 aromatic heterocycles. The summed E-state index contributed by atoms with van der Waals surface area (Å²) in [6.07, 6.45) is 3.23. The van der Waals surface area contributed by atoms with Crippen LogP contribution in [0, 0.1) is 0 Å². The van der Waals surface area contributed by atoms with Crippen LogP contribution in [0.3, 0.4) is 0 Å². The third kappa shape index (κ3) is 3.15. The molecule has 5 rings (SSSR count). The van der Waals surface area contributed by atoms with Crippen molar-refractivity contribution in [2.75, 3.05) is 14.2 Å². The number of ether oxygens (including phenoxy) is 2. The molecule has 8 nitrogen and oxygen atoms in total. The molecule has 0 amide bonds. The van der Waals surface area contributed by atoms with E-state index in [4.69, 9.17) is 9.47 Å². The number of para-hydroxylation sites is 1. The molecule has 0 radical (unpaired) electrons. The minimum atomic E-state index is -0.583. The fourth-order valence-electron chi connectivity index (χ4n) is 3.35. The molecule has 0 unspecified atom stereocenters.